The van der Waals surface area contributed by atoms with Crippen LogP contribution in [0.4, 0.5) is 0 Å². The highest BCUT2D eigenvalue weighted by atomic mass is 16.5. The van der Waals surface area contributed by atoms with Crippen LogP contribution in [0, 0.1) is 11.8 Å². The van der Waals surface area contributed by atoms with Gasteiger partial charge < -0.3 is 19.7 Å². The predicted octanol–water partition coefficient (Wildman–Crippen LogP) is 7.18. The second-order valence-corrected chi connectivity index (χ2v) is 10.1. The zero-order chi connectivity index (χ0) is 25.8. The molecule has 0 radical (unpaired) electrons. The Kier molecular flexibility index (Phi) is 13.1. The van der Waals surface area contributed by atoms with E-state index >= 15 is 0 Å². The molecule has 0 amide bonds. The lowest BCUT2D eigenvalue weighted by Crippen LogP contribution is -2.21. The third-order valence-electron chi connectivity index (χ3n) is 6.17. The highest BCUT2D eigenvalue weighted by molar-refractivity contribution is 6.00. The maximum absolute atomic E-state index is 13.1. The van der Waals surface area contributed by atoms with Crippen LogP contribution in [-0.2, 0) is 15.9 Å². The third kappa shape index (κ3) is 9.19. The van der Waals surface area contributed by atoms with Gasteiger partial charge in [0.2, 0.25) is 0 Å². The van der Waals surface area contributed by atoms with E-state index in [4.69, 9.17) is 9.47 Å². The molecule has 6 heteroatoms. The van der Waals surface area contributed by atoms with Crippen LogP contribution in [0.3, 0.4) is 0 Å². The van der Waals surface area contributed by atoms with Crippen molar-refractivity contribution >= 4 is 11.9 Å². The van der Waals surface area contributed by atoms with E-state index in [-0.39, 0.29) is 40.4 Å². The fourth-order valence-electron chi connectivity index (χ4n) is 3.85. The SMILES string of the molecule is CCCCc1c(O)c(C(=O)OC(CC)CCC(C)C)cc(O)c1C(=O)OC(CC)CCC(C)C. The fourth-order valence-corrected chi connectivity index (χ4v) is 3.85. The van der Waals surface area contributed by atoms with Crippen LogP contribution in [0.5, 0.6) is 11.5 Å². The summed E-state index contributed by atoms with van der Waals surface area (Å²) in [7, 11) is 0. The number of unbranched alkanes of at least 4 members (excludes halogenated alkanes) is 1. The van der Waals surface area contributed by atoms with Crippen LogP contribution >= 0.6 is 0 Å². The van der Waals surface area contributed by atoms with Crippen LogP contribution in [0.25, 0.3) is 0 Å². The van der Waals surface area contributed by atoms with E-state index in [1.165, 1.54) is 0 Å². The second kappa shape index (κ2) is 14.9. The lowest BCUT2D eigenvalue weighted by molar-refractivity contribution is 0.0239. The summed E-state index contributed by atoms with van der Waals surface area (Å²) in [6.07, 6.45) is 5.93. The lowest BCUT2D eigenvalue weighted by Gasteiger charge is -2.21. The minimum Gasteiger partial charge on any atom is -0.507 e. The number of rotatable bonds is 15. The minimum absolute atomic E-state index is 0.0580. The van der Waals surface area contributed by atoms with Gasteiger partial charge in [-0.05, 0) is 69.3 Å². The van der Waals surface area contributed by atoms with Crippen LogP contribution in [0.2, 0.25) is 0 Å². The number of ether oxygens (including phenoxy) is 2. The summed E-state index contributed by atoms with van der Waals surface area (Å²) in [5, 5.41) is 21.8. The molecule has 0 aliphatic rings. The first kappa shape index (κ1) is 29.8. The molecular formula is C28H46O6. The molecule has 0 fully saturated rings. The minimum atomic E-state index is -0.690. The quantitative estimate of drug-likeness (QED) is 0.205. The molecule has 0 aliphatic heterocycles. The zero-order valence-electron chi connectivity index (χ0n) is 22.3. The van der Waals surface area contributed by atoms with E-state index in [1.807, 2.05) is 20.8 Å². The van der Waals surface area contributed by atoms with Gasteiger partial charge in [0.1, 0.15) is 34.8 Å². The van der Waals surface area contributed by atoms with Gasteiger partial charge in [0, 0.05) is 5.56 Å². The molecular weight excluding hydrogens is 432 g/mol. The van der Waals surface area contributed by atoms with Crippen molar-refractivity contribution in [2.24, 2.45) is 11.8 Å². The van der Waals surface area contributed by atoms with E-state index in [1.54, 1.807) is 0 Å². The Labute approximate surface area is 206 Å². The van der Waals surface area contributed by atoms with E-state index in [0.29, 0.717) is 37.5 Å². The van der Waals surface area contributed by atoms with Gasteiger partial charge in [-0.25, -0.2) is 9.59 Å². The number of hydrogen-bond donors (Lipinski definition) is 2. The molecule has 6 nitrogen and oxygen atoms in total. The summed E-state index contributed by atoms with van der Waals surface area (Å²) in [5.41, 5.74) is 0.0695. The Hall–Kier alpha value is -2.24. The molecule has 194 valence electrons. The first-order valence-corrected chi connectivity index (χ1v) is 13.0. The molecule has 0 saturated heterocycles. The standard InChI is InChI=1S/C28H46O6/c1-8-11-12-22-25(28(32)34-21(10-3)16-14-19(6)7)24(29)17-23(26(22)30)27(31)33-20(9-2)15-13-18(4)5/h17-21,29-30H,8-16H2,1-7H3. The van der Waals surface area contributed by atoms with Crippen LogP contribution in [0.1, 0.15) is 126 Å². The second-order valence-electron chi connectivity index (χ2n) is 10.1. The van der Waals surface area contributed by atoms with E-state index in [0.717, 1.165) is 38.2 Å². The van der Waals surface area contributed by atoms with Gasteiger partial charge in [-0.2, -0.15) is 0 Å². The van der Waals surface area contributed by atoms with Gasteiger partial charge in [0.15, 0.2) is 0 Å². The normalized spacial score (nSPS) is 13.2. The van der Waals surface area contributed by atoms with Crippen molar-refractivity contribution in [1.29, 1.82) is 0 Å². The summed E-state index contributed by atoms with van der Waals surface area (Å²) in [5.74, 6) is -1.05. The maximum Gasteiger partial charge on any atom is 0.342 e. The Bertz CT molecular complexity index is 784. The zero-order valence-corrected chi connectivity index (χ0v) is 22.3. The van der Waals surface area contributed by atoms with Crippen molar-refractivity contribution < 1.29 is 29.3 Å². The van der Waals surface area contributed by atoms with Crippen molar-refractivity contribution in [3.8, 4) is 11.5 Å². The topological polar surface area (TPSA) is 93.1 Å². The highest BCUT2D eigenvalue weighted by Crippen LogP contribution is 2.36. The van der Waals surface area contributed by atoms with E-state index < -0.39 is 11.9 Å². The Morgan fingerprint density at radius 1 is 0.824 bits per heavy atom. The molecule has 0 heterocycles. The Balaban J connectivity index is 3.24. The monoisotopic (exact) mass is 478 g/mol. The van der Waals surface area contributed by atoms with Gasteiger partial charge in [-0.1, -0.05) is 54.9 Å². The van der Waals surface area contributed by atoms with Gasteiger partial charge in [0.05, 0.1) is 0 Å². The van der Waals surface area contributed by atoms with E-state index in [2.05, 4.69) is 27.7 Å². The van der Waals surface area contributed by atoms with Gasteiger partial charge in [-0.3, -0.25) is 0 Å². The summed E-state index contributed by atoms with van der Waals surface area (Å²) in [6.45, 7) is 14.4. The smallest absolute Gasteiger partial charge is 0.342 e. The van der Waals surface area contributed by atoms with Crippen molar-refractivity contribution in [3.05, 3.63) is 22.8 Å². The maximum atomic E-state index is 13.1. The number of phenolic OH excluding ortho intramolecular Hbond substituents is 2. The van der Waals surface area contributed by atoms with Crippen molar-refractivity contribution in [2.75, 3.05) is 0 Å². The van der Waals surface area contributed by atoms with Gasteiger partial charge in [0.25, 0.3) is 0 Å². The molecule has 2 unspecified atom stereocenters. The summed E-state index contributed by atoms with van der Waals surface area (Å²) < 4.78 is 11.3. The molecule has 2 N–H and O–H groups in total. The number of aromatic hydroxyl groups is 2. The number of carbonyl (C=O) groups excluding carboxylic acids is 2. The van der Waals surface area contributed by atoms with E-state index in [9.17, 15) is 19.8 Å². The highest BCUT2D eigenvalue weighted by Gasteiger charge is 2.29. The number of hydrogen-bond acceptors (Lipinski definition) is 6. The molecule has 2 atom stereocenters. The summed E-state index contributed by atoms with van der Waals surface area (Å²) in [6, 6.07) is 1.13. The van der Waals surface area contributed by atoms with Crippen LogP contribution < -0.4 is 0 Å². The molecule has 0 aliphatic carbocycles. The van der Waals surface area contributed by atoms with Crippen LogP contribution in [-0.4, -0.2) is 34.4 Å². The molecule has 34 heavy (non-hydrogen) atoms. The first-order chi connectivity index (χ1) is 16.0. The molecule has 0 saturated carbocycles. The van der Waals surface area contributed by atoms with Crippen molar-refractivity contribution in [1.82, 2.24) is 0 Å². The molecule has 0 spiro atoms. The number of phenols is 2. The van der Waals surface area contributed by atoms with Gasteiger partial charge in [-0.15, -0.1) is 0 Å². The third-order valence-corrected chi connectivity index (χ3v) is 6.17. The summed E-state index contributed by atoms with van der Waals surface area (Å²) in [4.78, 5) is 26.0. The van der Waals surface area contributed by atoms with Crippen molar-refractivity contribution in [3.63, 3.8) is 0 Å². The van der Waals surface area contributed by atoms with Crippen LogP contribution in [0.15, 0.2) is 6.07 Å². The molecule has 1 rings (SSSR count). The largest absolute Gasteiger partial charge is 0.507 e. The lowest BCUT2D eigenvalue weighted by atomic mass is 9.96. The molecule has 0 aromatic heterocycles. The molecule has 1 aromatic carbocycles. The Morgan fingerprint density at radius 2 is 1.32 bits per heavy atom. The summed E-state index contributed by atoms with van der Waals surface area (Å²) >= 11 is 0. The number of esters is 2. The fraction of sp³-hybridized carbons (Fsp3) is 0.714. The molecule has 1 aromatic rings. The average molecular weight is 479 g/mol. The number of carbonyl (C=O) groups is 2. The molecule has 0 bridgehead atoms. The average Bonchev–Trinajstić information content (AvgIpc) is 2.78. The number of benzene rings is 1. The first-order valence-electron chi connectivity index (χ1n) is 13.0. The van der Waals surface area contributed by atoms with Crippen molar-refractivity contribution in [2.45, 2.75) is 118 Å². The Morgan fingerprint density at radius 3 is 1.76 bits per heavy atom. The van der Waals surface area contributed by atoms with Gasteiger partial charge >= 0.3 is 11.9 Å². The predicted molar refractivity (Wildman–Crippen MR) is 136 cm³/mol.